The average molecular weight is 347 g/mol. The lowest BCUT2D eigenvalue weighted by Gasteiger charge is -2.18. The summed E-state index contributed by atoms with van der Waals surface area (Å²) in [6.45, 7) is 2.10. The number of hydrogen-bond acceptors (Lipinski definition) is 2. The van der Waals surface area contributed by atoms with Crippen molar-refractivity contribution in [2.45, 2.75) is 23.5 Å². The zero-order valence-corrected chi connectivity index (χ0v) is 15.0. The Morgan fingerprint density at radius 3 is 2.16 bits per heavy atom. The topological polar surface area (TPSA) is 29.1 Å². The fourth-order valence-corrected chi connectivity index (χ4v) is 3.73. The fraction of sp³-hybridized carbons (Fsp3) is 0.136. The molecule has 126 valence electrons. The Labute approximate surface area is 153 Å². The third-order valence-corrected chi connectivity index (χ3v) is 5.26. The molecule has 0 saturated heterocycles. The molecule has 0 heterocycles. The maximum atomic E-state index is 13.1. The SMILES string of the molecule is CCc1ccccc1NC(=O)C(Sc1ccccc1)c1ccccc1. The molecule has 0 radical (unpaired) electrons. The van der Waals surface area contributed by atoms with E-state index in [1.807, 2.05) is 78.9 Å². The van der Waals surface area contributed by atoms with Crippen LogP contribution in [0.3, 0.4) is 0 Å². The lowest BCUT2D eigenvalue weighted by molar-refractivity contribution is -0.115. The predicted molar refractivity (Wildman–Crippen MR) is 106 cm³/mol. The van der Waals surface area contributed by atoms with Crippen LogP contribution in [0.2, 0.25) is 0 Å². The van der Waals surface area contributed by atoms with E-state index in [4.69, 9.17) is 0 Å². The number of carbonyl (C=O) groups excluding carboxylic acids is 1. The highest BCUT2D eigenvalue weighted by Gasteiger charge is 2.22. The number of para-hydroxylation sites is 1. The zero-order chi connectivity index (χ0) is 17.5. The number of thioether (sulfide) groups is 1. The van der Waals surface area contributed by atoms with Crippen molar-refractivity contribution in [3.05, 3.63) is 96.1 Å². The Morgan fingerprint density at radius 2 is 1.48 bits per heavy atom. The van der Waals surface area contributed by atoms with E-state index in [0.29, 0.717) is 0 Å². The number of benzene rings is 3. The molecule has 0 aliphatic rings. The zero-order valence-electron chi connectivity index (χ0n) is 14.2. The second-order valence-electron chi connectivity index (χ2n) is 5.72. The molecular weight excluding hydrogens is 326 g/mol. The van der Waals surface area contributed by atoms with Crippen LogP contribution in [0.15, 0.2) is 89.8 Å². The highest BCUT2D eigenvalue weighted by Crippen LogP contribution is 2.36. The summed E-state index contributed by atoms with van der Waals surface area (Å²) >= 11 is 1.57. The third kappa shape index (κ3) is 4.52. The molecule has 3 aromatic carbocycles. The number of amides is 1. The second kappa shape index (κ2) is 8.54. The lowest BCUT2D eigenvalue weighted by Crippen LogP contribution is -2.19. The minimum atomic E-state index is -0.298. The highest BCUT2D eigenvalue weighted by molar-refractivity contribution is 8.00. The van der Waals surface area contributed by atoms with Gasteiger partial charge in [-0.15, -0.1) is 11.8 Å². The van der Waals surface area contributed by atoms with Gasteiger partial charge in [0, 0.05) is 10.6 Å². The van der Waals surface area contributed by atoms with Crippen LogP contribution in [0, 0.1) is 0 Å². The van der Waals surface area contributed by atoms with Gasteiger partial charge in [-0.25, -0.2) is 0 Å². The van der Waals surface area contributed by atoms with E-state index < -0.39 is 0 Å². The van der Waals surface area contributed by atoms with Crippen LogP contribution in [-0.4, -0.2) is 5.91 Å². The summed E-state index contributed by atoms with van der Waals surface area (Å²) in [6, 6.07) is 27.9. The van der Waals surface area contributed by atoms with Crippen LogP contribution >= 0.6 is 11.8 Å². The third-order valence-electron chi connectivity index (χ3n) is 3.99. The predicted octanol–water partition coefficient (Wildman–Crippen LogP) is 5.72. The summed E-state index contributed by atoms with van der Waals surface area (Å²) in [5, 5.41) is 2.82. The summed E-state index contributed by atoms with van der Waals surface area (Å²) in [5.74, 6) is 0.000882. The van der Waals surface area contributed by atoms with Crippen LogP contribution in [0.5, 0.6) is 0 Å². The Kier molecular flexibility index (Phi) is 5.91. The molecule has 1 amide bonds. The first kappa shape index (κ1) is 17.3. The second-order valence-corrected chi connectivity index (χ2v) is 6.90. The minimum Gasteiger partial charge on any atom is -0.325 e. The molecule has 3 heteroatoms. The monoisotopic (exact) mass is 347 g/mol. The van der Waals surface area contributed by atoms with Crippen molar-refractivity contribution in [1.29, 1.82) is 0 Å². The van der Waals surface area contributed by atoms with Crippen molar-refractivity contribution in [2.75, 3.05) is 5.32 Å². The van der Waals surface area contributed by atoms with Crippen molar-refractivity contribution >= 4 is 23.4 Å². The molecule has 0 fully saturated rings. The maximum absolute atomic E-state index is 13.1. The van der Waals surface area contributed by atoms with E-state index in [9.17, 15) is 4.79 Å². The molecule has 1 atom stereocenters. The van der Waals surface area contributed by atoms with E-state index >= 15 is 0 Å². The molecule has 0 spiro atoms. The van der Waals surface area contributed by atoms with Gasteiger partial charge in [0.2, 0.25) is 5.91 Å². The van der Waals surface area contributed by atoms with Crippen molar-refractivity contribution in [2.24, 2.45) is 0 Å². The number of rotatable bonds is 6. The molecule has 0 aromatic heterocycles. The molecule has 3 rings (SSSR count). The standard InChI is InChI=1S/C22H21NOS/c1-2-17-11-9-10-16-20(17)23-22(24)21(18-12-5-3-6-13-18)25-19-14-7-4-8-15-19/h3-16,21H,2H2,1H3,(H,23,24). The first-order chi connectivity index (χ1) is 12.3. The summed E-state index contributed by atoms with van der Waals surface area (Å²) in [5.41, 5.74) is 3.04. The van der Waals surface area contributed by atoms with E-state index in [0.717, 1.165) is 28.1 Å². The average Bonchev–Trinajstić information content (AvgIpc) is 2.68. The number of carbonyl (C=O) groups is 1. The van der Waals surface area contributed by atoms with Gasteiger partial charge >= 0.3 is 0 Å². The minimum absolute atomic E-state index is 0.000882. The number of aryl methyl sites for hydroxylation is 1. The molecule has 1 N–H and O–H groups in total. The molecule has 0 aliphatic heterocycles. The Morgan fingerprint density at radius 1 is 0.880 bits per heavy atom. The summed E-state index contributed by atoms with van der Waals surface area (Å²) in [6.07, 6.45) is 0.887. The van der Waals surface area contributed by atoms with Crippen LogP contribution in [-0.2, 0) is 11.2 Å². The van der Waals surface area contributed by atoms with E-state index in [2.05, 4.69) is 18.3 Å². The molecule has 25 heavy (non-hydrogen) atoms. The quantitative estimate of drug-likeness (QED) is 0.578. The first-order valence-corrected chi connectivity index (χ1v) is 9.31. The number of hydrogen-bond donors (Lipinski definition) is 1. The summed E-state index contributed by atoms with van der Waals surface area (Å²) in [4.78, 5) is 14.1. The van der Waals surface area contributed by atoms with E-state index in [-0.39, 0.29) is 11.2 Å². The van der Waals surface area contributed by atoms with Gasteiger partial charge in [0.1, 0.15) is 5.25 Å². The molecular formula is C22H21NOS. The van der Waals surface area contributed by atoms with Gasteiger partial charge in [-0.05, 0) is 35.7 Å². The van der Waals surface area contributed by atoms with Crippen molar-refractivity contribution < 1.29 is 4.79 Å². The number of anilines is 1. The Hall–Kier alpha value is -2.52. The van der Waals surface area contributed by atoms with Gasteiger partial charge in [-0.3, -0.25) is 4.79 Å². The van der Waals surface area contributed by atoms with E-state index in [1.54, 1.807) is 11.8 Å². The first-order valence-electron chi connectivity index (χ1n) is 8.43. The largest absolute Gasteiger partial charge is 0.325 e. The molecule has 0 saturated carbocycles. The normalized spacial score (nSPS) is 11.7. The molecule has 2 nitrogen and oxygen atoms in total. The van der Waals surface area contributed by atoms with Crippen molar-refractivity contribution in [3.8, 4) is 0 Å². The van der Waals surface area contributed by atoms with Crippen molar-refractivity contribution in [3.63, 3.8) is 0 Å². The van der Waals surface area contributed by atoms with Crippen LogP contribution in [0.4, 0.5) is 5.69 Å². The van der Waals surface area contributed by atoms with Gasteiger partial charge in [0.05, 0.1) is 0 Å². The highest BCUT2D eigenvalue weighted by atomic mass is 32.2. The Bertz CT molecular complexity index is 818. The van der Waals surface area contributed by atoms with Crippen molar-refractivity contribution in [1.82, 2.24) is 0 Å². The smallest absolute Gasteiger partial charge is 0.242 e. The summed E-state index contributed by atoms with van der Waals surface area (Å²) in [7, 11) is 0. The molecule has 0 aliphatic carbocycles. The van der Waals surface area contributed by atoms with Crippen LogP contribution in [0.1, 0.15) is 23.3 Å². The number of nitrogens with one attached hydrogen (secondary N) is 1. The fourth-order valence-electron chi connectivity index (χ4n) is 2.68. The molecule has 1 unspecified atom stereocenters. The van der Waals surface area contributed by atoms with Crippen LogP contribution in [0.25, 0.3) is 0 Å². The van der Waals surface area contributed by atoms with E-state index in [1.165, 1.54) is 0 Å². The van der Waals surface area contributed by atoms with Crippen LogP contribution < -0.4 is 5.32 Å². The maximum Gasteiger partial charge on any atom is 0.242 e. The molecule has 0 bridgehead atoms. The molecule has 3 aromatic rings. The summed E-state index contributed by atoms with van der Waals surface area (Å²) < 4.78 is 0. The van der Waals surface area contributed by atoms with Gasteiger partial charge in [0.15, 0.2) is 0 Å². The van der Waals surface area contributed by atoms with Gasteiger partial charge in [0.25, 0.3) is 0 Å². The Balaban J connectivity index is 1.87. The van der Waals surface area contributed by atoms with Gasteiger partial charge < -0.3 is 5.32 Å². The van der Waals surface area contributed by atoms with Gasteiger partial charge in [-0.1, -0.05) is 73.7 Å². The van der Waals surface area contributed by atoms with Gasteiger partial charge in [-0.2, -0.15) is 0 Å². The lowest BCUT2D eigenvalue weighted by atomic mass is 10.1.